The predicted molar refractivity (Wildman–Crippen MR) is 142 cm³/mol. The second-order valence-electron chi connectivity index (χ2n) is 8.88. The molecule has 8 heteroatoms. The molecule has 0 radical (unpaired) electrons. The van der Waals surface area contributed by atoms with Gasteiger partial charge < -0.3 is 9.73 Å². The predicted octanol–water partition coefficient (Wildman–Crippen LogP) is 6.44. The second-order valence-corrected chi connectivity index (χ2v) is 10.7. The van der Waals surface area contributed by atoms with E-state index in [1.54, 1.807) is 12.1 Å². The highest BCUT2D eigenvalue weighted by Gasteiger charge is 2.24. The highest BCUT2D eigenvalue weighted by atomic mass is 32.2. The van der Waals surface area contributed by atoms with Crippen molar-refractivity contribution >= 4 is 32.6 Å². The Morgan fingerprint density at radius 2 is 1.72 bits per heavy atom. The summed E-state index contributed by atoms with van der Waals surface area (Å²) in [5.74, 6) is -0.210. The summed E-state index contributed by atoms with van der Waals surface area (Å²) in [6, 6.07) is 18.4. The fourth-order valence-corrected chi connectivity index (χ4v) is 5.34. The van der Waals surface area contributed by atoms with Crippen LogP contribution in [-0.2, 0) is 10.0 Å². The average molecular weight is 509 g/mol. The monoisotopic (exact) mass is 508 g/mol. The van der Waals surface area contributed by atoms with E-state index in [4.69, 9.17) is 4.42 Å². The SMILES string of the molecule is CCC(C)CCS(=O)(=O)Nc1cc2oc(-c3ccc(F)cc3)c(C(=O)NC)c2cc1-c1ccccc1. The fourth-order valence-electron chi connectivity index (χ4n) is 4.02. The minimum Gasteiger partial charge on any atom is -0.455 e. The van der Waals surface area contributed by atoms with Gasteiger partial charge in [-0.3, -0.25) is 9.52 Å². The van der Waals surface area contributed by atoms with E-state index in [2.05, 4.69) is 10.0 Å². The number of furan rings is 1. The Bertz CT molecular complexity index is 1480. The topological polar surface area (TPSA) is 88.4 Å². The van der Waals surface area contributed by atoms with Crippen LogP contribution < -0.4 is 10.0 Å². The molecule has 1 atom stereocenters. The molecule has 0 saturated carbocycles. The van der Waals surface area contributed by atoms with Crippen LogP contribution in [0.25, 0.3) is 33.4 Å². The van der Waals surface area contributed by atoms with Crippen LogP contribution in [0.5, 0.6) is 0 Å². The van der Waals surface area contributed by atoms with Crippen LogP contribution >= 0.6 is 0 Å². The molecule has 0 saturated heterocycles. The summed E-state index contributed by atoms with van der Waals surface area (Å²) in [5, 5.41) is 3.16. The molecular weight excluding hydrogens is 479 g/mol. The highest BCUT2D eigenvalue weighted by molar-refractivity contribution is 7.92. The van der Waals surface area contributed by atoms with E-state index < -0.39 is 15.8 Å². The van der Waals surface area contributed by atoms with Gasteiger partial charge in [-0.15, -0.1) is 0 Å². The first kappa shape index (κ1) is 25.4. The van der Waals surface area contributed by atoms with Gasteiger partial charge in [0.1, 0.15) is 17.2 Å². The quantitative estimate of drug-likeness (QED) is 0.272. The van der Waals surface area contributed by atoms with Gasteiger partial charge in [0, 0.05) is 29.6 Å². The van der Waals surface area contributed by atoms with E-state index in [-0.39, 0.29) is 23.3 Å². The molecule has 6 nitrogen and oxygen atoms in total. The number of sulfonamides is 1. The van der Waals surface area contributed by atoms with Gasteiger partial charge in [-0.05, 0) is 48.2 Å². The Morgan fingerprint density at radius 3 is 2.36 bits per heavy atom. The van der Waals surface area contributed by atoms with Gasteiger partial charge in [0.2, 0.25) is 10.0 Å². The number of nitrogens with one attached hydrogen (secondary N) is 2. The average Bonchev–Trinajstić information content (AvgIpc) is 3.25. The van der Waals surface area contributed by atoms with Crippen molar-refractivity contribution in [1.82, 2.24) is 5.32 Å². The maximum absolute atomic E-state index is 13.5. The molecule has 0 aliphatic rings. The third-order valence-electron chi connectivity index (χ3n) is 6.32. The van der Waals surface area contributed by atoms with Crippen LogP contribution in [0.1, 0.15) is 37.0 Å². The molecule has 2 N–H and O–H groups in total. The van der Waals surface area contributed by atoms with E-state index in [1.165, 1.54) is 31.3 Å². The minimum atomic E-state index is -3.63. The standard InChI is InChI=1S/C28H29FN2O4S/c1-4-18(2)14-15-36(33,34)31-24-17-25-23(16-22(24)19-8-6-5-7-9-19)26(28(32)30-3)27(35-25)20-10-12-21(29)13-11-20/h5-13,16-18,31H,4,14-15H2,1-3H3,(H,30,32). The van der Waals surface area contributed by atoms with Crippen LogP contribution in [0, 0.1) is 11.7 Å². The third-order valence-corrected chi connectivity index (χ3v) is 7.62. The van der Waals surface area contributed by atoms with Crippen molar-refractivity contribution < 1.29 is 22.0 Å². The van der Waals surface area contributed by atoms with Crippen molar-refractivity contribution in [1.29, 1.82) is 0 Å². The van der Waals surface area contributed by atoms with Crippen molar-refractivity contribution in [3.05, 3.63) is 78.1 Å². The Labute approximate surface area is 210 Å². The number of carbonyl (C=O) groups is 1. The first-order chi connectivity index (χ1) is 17.2. The molecule has 1 aromatic heterocycles. The van der Waals surface area contributed by atoms with Gasteiger partial charge >= 0.3 is 0 Å². The minimum absolute atomic E-state index is 0.00323. The summed E-state index contributed by atoms with van der Waals surface area (Å²) in [6.45, 7) is 4.06. The third kappa shape index (κ3) is 5.44. The van der Waals surface area contributed by atoms with Crippen molar-refractivity contribution in [3.8, 4) is 22.5 Å². The maximum Gasteiger partial charge on any atom is 0.255 e. The van der Waals surface area contributed by atoms with Crippen molar-refractivity contribution in [2.75, 3.05) is 17.5 Å². The molecule has 0 bridgehead atoms. The summed E-state index contributed by atoms with van der Waals surface area (Å²) in [4.78, 5) is 12.9. The normalized spacial score (nSPS) is 12.4. The summed E-state index contributed by atoms with van der Waals surface area (Å²) in [5.41, 5.74) is 2.93. The molecule has 0 aliphatic heterocycles. The number of amides is 1. The molecular formula is C28H29FN2O4S. The van der Waals surface area contributed by atoms with Gasteiger partial charge in [0.15, 0.2) is 0 Å². The van der Waals surface area contributed by atoms with Crippen LogP contribution in [0.3, 0.4) is 0 Å². The largest absolute Gasteiger partial charge is 0.455 e. The molecule has 0 aliphatic carbocycles. The van der Waals surface area contributed by atoms with E-state index in [9.17, 15) is 17.6 Å². The molecule has 1 heterocycles. The molecule has 1 unspecified atom stereocenters. The molecule has 36 heavy (non-hydrogen) atoms. The zero-order chi connectivity index (χ0) is 25.9. The number of anilines is 1. The maximum atomic E-state index is 13.5. The molecule has 188 valence electrons. The summed E-state index contributed by atoms with van der Waals surface area (Å²) in [7, 11) is -2.11. The van der Waals surface area contributed by atoms with Gasteiger partial charge in [-0.25, -0.2) is 12.8 Å². The lowest BCUT2D eigenvalue weighted by Crippen LogP contribution is -2.19. The lowest BCUT2D eigenvalue weighted by atomic mass is 9.99. The van der Waals surface area contributed by atoms with Crippen LogP contribution in [0.4, 0.5) is 10.1 Å². The second kappa shape index (κ2) is 10.5. The first-order valence-electron chi connectivity index (χ1n) is 11.9. The summed E-state index contributed by atoms with van der Waals surface area (Å²) < 4.78 is 48.3. The summed E-state index contributed by atoms with van der Waals surface area (Å²) >= 11 is 0. The zero-order valence-electron chi connectivity index (χ0n) is 20.5. The fraction of sp³-hybridized carbons (Fsp3) is 0.250. The number of fused-ring (bicyclic) bond motifs is 1. The smallest absolute Gasteiger partial charge is 0.255 e. The number of benzene rings is 3. The number of carbonyl (C=O) groups excluding carboxylic acids is 1. The van der Waals surface area contributed by atoms with Crippen molar-refractivity contribution in [2.45, 2.75) is 26.7 Å². The lowest BCUT2D eigenvalue weighted by molar-refractivity contribution is 0.0964. The molecule has 3 aromatic carbocycles. The van der Waals surface area contributed by atoms with Gasteiger partial charge in [-0.2, -0.15) is 0 Å². The van der Waals surface area contributed by atoms with Crippen molar-refractivity contribution in [3.63, 3.8) is 0 Å². The number of halogens is 1. The molecule has 4 aromatic rings. The van der Waals surface area contributed by atoms with E-state index in [0.717, 1.165) is 12.0 Å². The molecule has 0 fully saturated rings. The van der Waals surface area contributed by atoms with Crippen LogP contribution in [-0.4, -0.2) is 27.1 Å². The molecule has 4 rings (SSSR count). The number of hydrogen-bond donors (Lipinski definition) is 2. The van der Waals surface area contributed by atoms with Crippen LogP contribution in [0.15, 0.2) is 71.1 Å². The van der Waals surface area contributed by atoms with Crippen molar-refractivity contribution in [2.24, 2.45) is 5.92 Å². The molecule has 0 spiro atoms. The Balaban J connectivity index is 1.90. The molecule has 1 amide bonds. The Hall–Kier alpha value is -3.65. The summed E-state index contributed by atoms with van der Waals surface area (Å²) in [6.07, 6.45) is 1.45. The highest BCUT2D eigenvalue weighted by Crippen LogP contribution is 2.40. The van der Waals surface area contributed by atoms with Gasteiger partial charge in [0.25, 0.3) is 5.91 Å². The Morgan fingerprint density at radius 1 is 1.03 bits per heavy atom. The van der Waals surface area contributed by atoms with E-state index in [0.29, 0.717) is 39.8 Å². The van der Waals surface area contributed by atoms with Gasteiger partial charge in [-0.1, -0.05) is 50.6 Å². The number of hydrogen-bond acceptors (Lipinski definition) is 4. The van der Waals surface area contributed by atoms with E-state index >= 15 is 0 Å². The Kier molecular flexibility index (Phi) is 7.45. The van der Waals surface area contributed by atoms with Gasteiger partial charge in [0.05, 0.1) is 17.0 Å². The lowest BCUT2D eigenvalue weighted by Gasteiger charge is -2.15. The first-order valence-corrected chi connectivity index (χ1v) is 13.5. The van der Waals surface area contributed by atoms with Crippen LogP contribution in [0.2, 0.25) is 0 Å². The zero-order valence-corrected chi connectivity index (χ0v) is 21.3. The number of rotatable bonds is 9. The van der Waals surface area contributed by atoms with E-state index in [1.807, 2.05) is 44.2 Å².